The van der Waals surface area contributed by atoms with E-state index in [1.165, 1.54) is 12.1 Å². The van der Waals surface area contributed by atoms with Gasteiger partial charge in [0.25, 0.3) is 11.8 Å². The molecule has 0 spiro atoms. The molecule has 4 rings (SSSR count). The molecule has 2 saturated heterocycles. The van der Waals surface area contributed by atoms with Crippen molar-refractivity contribution in [1.29, 1.82) is 0 Å². The first kappa shape index (κ1) is 18.5. The molecular weight excluding hydrogens is 367 g/mol. The van der Waals surface area contributed by atoms with Gasteiger partial charge < -0.3 is 10.6 Å². The minimum Gasteiger partial charge on any atom is -0.382 e. The van der Waals surface area contributed by atoms with Crippen LogP contribution in [0.4, 0.5) is 10.1 Å². The molecule has 1 aromatic carbocycles. The molecule has 0 bridgehead atoms. The van der Waals surface area contributed by atoms with Gasteiger partial charge in [0, 0.05) is 18.7 Å². The van der Waals surface area contributed by atoms with Crippen LogP contribution in [-0.4, -0.2) is 59.9 Å². The van der Waals surface area contributed by atoms with Crippen LogP contribution in [0.5, 0.6) is 0 Å². The molecule has 0 radical (unpaired) electrons. The maximum Gasteiger partial charge on any atom is 0.262 e. The Kier molecular flexibility index (Phi) is 4.62. The zero-order valence-corrected chi connectivity index (χ0v) is 15.2. The number of fused-ring (bicyclic) bond motifs is 1. The number of alkyl halides is 1. The van der Waals surface area contributed by atoms with Crippen LogP contribution in [0.3, 0.4) is 0 Å². The summed E-state index contributed by atoms with van der Waals surface area (Å²) in [5.41, 5.74) is -0.390. The van der Waals surface area contributed by atoms with Crippen molar-refractivity contribution < 1.29 is 23.6 Å². The highest BCUT2D eigenvalue weighted by Crippen LogP contribution is 2.30. The maximum atomic E-state index is 14.7. The smallest absolute Gasteiger partial charge is 0.262 e. The van der Waals surface area contributed by atoms with Gasteiger partial charge in [0.2, 0.25) is 11.8 Å². The molecule has 4 amide bonds. The van der Waals surface area contributed by atoms with Crippen molar-refractivity contribution in [2.75, 3.05) is 25.0 Å². The molecule has 0 aromatic heterocycles. The van der Waals surface area contributed by atoms with Crippen molar-refractivity contribution in [3.05, 3.63) is 29.3 Å². The Balaban J connectivity index is 1.51. The van der Waals surface area contributed by atoms with E-state index >= 15 is 0 Å². The fourth-order valence-electron chi connectivity index (χ4n) is 3.89. The Labute approximate surface area is 160 Å². The molecule has 28 heavy (non-hydrogen) atoms. The van der Waals surface area contributed by atoms with Gasteiger partial charge >= 0.3 is 0 Å². The molecule has 3 heterocycles. The van der Waals surface area contributed by atoms with Crippen molar-refractivity contribution in [1.82, 2.24) is 15.5 Å². The summed E-state index contributed by atoms with van der Waals surface area (Å²) in [5.74, 6) is -2.19. The van der Waals surface area contributed by atoms with Gasteiger partial charge in [0.05, 0.1) is 11.1 Å². The number of anilines is 1. The molecule has 148 valence electrons. The Hall–Kier alpha value is -2.81. The van der Waals surface area contributed by atoms with E-state index in [0.29, 0.717) is 31.6 Å². The van der Waals surface area contributed by atoms with E-state index in [2.05, 4.69) is 16.0 Å². The molecule has 1 aromatic rings. The van der Waals surface area contributed by atoms with Crippen LogP contribution in [-0.2, 0) is 9.59 Å². The summed E-state index contributed by atoms with van der Waals surface area (Å²) in [6, 6.07) is 3.66. The second kappa shape index (κ2) is 6.97. The van der Waals surface area contributed by atoms with Gasteiger partial charge in [-0.2, -0.15) is 0 Å². The average Bonchev–Trinajstić information content (AvgIpc) is 2.92. The summed E-state index contributed by atoms with van der Waals surface area (Å²) in [4.78, 5) is 49.8. The van der Waals surface area contributed by atoms with Crippen LogP contribution in [0.15, 0.2) is 18.2 Å². The number of carbonyl (C=O) groups excluding carboxylic acids is 4. The topological polar surface area (TPSA) is 108 Å². The van der Waals surface area contributed by atoms with Crippen molar-refractivity contribution >= 4 is 29.3 Å². The normalized spacial score (nSPS) is 24.2. The quantitative estimate of drug-likeness (QED) is 0.652. The van der Waals surface area contributed by atoms with Crippen molar-refractivity contribution in [2.45, 2.75) is 37.4 Å². The van der Waals surface area contributed by atoms with Gasteiger partial charge in [-0.3, -0.25) is 29.4 Å². The van der Waals surface area contributed by atoms with Gasteiger partial charge in [-0.25, -0.2) is 4.39 Å². The minimum atomic E-state index is -1.32. The summed E-state index contributed by atoms with van der Waals surface area (Å²) in [5, 5.41) is 8.30. The van der Waals surface area contributed by atoms with Crippen LogP contribution in [0.1, 0.15) is 46.4 Å². The number of amides is 4. The van der Waals surface area contributed by atoms with Crippen molar-refractivity contribution in [3.63, 3.8) is 0 Å². The first-order valence-corrected chi connectivity index (χ1v) is 9.37. The molecule has 0 aliphatic carbocycles. The highest BCUT2D eigenvalue weighted by atomic mass is 19.1. The van der Waals surface area contributed by atoms with Crippen molar-refractivity contribution in [2.24, 2.45) is 0 Å². The fourth-order valence-corrected chi connectivity index (χ4v) is 3.89. The molecule has 2 fully saturated rings. The van der Waals surface area contributed by atoms with E-state index in [1.54, 1.807) is 6.07 Å². The molecule has 3 aliphatic rings. The zero-order chi connectivity index (χ0) is 19.9. The van der Waals surface area contributed by atoms with Crippen LogP contribution in [0.25, 0.3) is 0 Å². The van der Waals surface area contributed by atoms with Gasteiger partial charge in [-0.1, -0.05) is 0 Å². The lowest BCUT2D eigenvalue weighted by atomic mass is 9.94. The predicted octanol–water partition coefficient (Wildman–Crippen LogP) is 0.591. The number of piperidine rings is 2. The third-order valence-corrected chi connectivity index (χ3v) is 5.55. The number of carbonyl (C=O) groups is 4. The van der Waals surface area contributed by atoms with E-state index in [9.17, 15) is 23.6 Å². The lowest BCUT2D eigenvalue weighted by molar-refractivity contribution is -0.136. The summed E-state index contributed by atoms with van der Waals surface area (Å²) in [6.07, 6.45) is 1.00. The molecule has 8 nitrogen and oxygen atoms in total. The first-order valence-electron chi connectivity index (χ1n) is 9.37. The Morgan fingerprint density at radius 3 is 2.54 bits per heavy atom. The molecule has 3 N–H and O–H groups in total. The average molecular weight is 388 g/mol. The number of hydrogen-bond acceptors (Lipinski definition) is 6. The first-order chi connectivity index (χ1) is 13.4. The Morgan fingerprint density at radius 2 is 1.82 bits per heavy atom. The van der Waals surface area contributed by atoms with E-state index < -0.39 is 35.3 Å². The monoisotopic (exact) mass is 388 g/mol. The van der Waals surface area contributed by atoms with Crippen molar-refractivity contribution in [3.8, 4) is 0 Å². The second-order valence-electron chi connectivity index (χ2n) is 7.46. The van der Waals surface area contributed by atoms with E-state index in [4.69, 9.17) is 0 Å². The molecule has 9 heteroatoms. The molecule has 1 unspecified atom stereocenters. The fraction of sp³-hybridized carbons (Fsp3) is 0.474. The minimum absolute atomic E-state index is 0.0735. The van der Waals surface area contributed by atoms with Gasteiger partial charge in [-0.15, -0.1) is 0 Å². The summed E-state index contributed by atoms with van der Waals surface area (Å²) in [6.45, 7) is 1.36. The predicted molar refractivity (Wildman–Crippen MR) is 97.5 cm³/mol. The third kappa shape index (κ3) is 3.26. The van der Waals surface area contributed by atoms with Crippen LogP contribution in [0, 0.1) is 0 Å². The maximum absolute atomic E-state index is 14.7. The second-order valence-corrected chi connectivity index (χ2v) is 7.46. The number of nitrogens with one attached hydrogen (secondary N) is 3. The standard InChI is InChI=1S/C19H21FN4O4/c20-19(5-7-21-8-6-19)10-22-11-1-2-12-13(9-11)18(28)24(17(12)27)14-3-4-15(25)23-16(14)26/h1-2,9,14,21-22H,3-8,10H2,(H,23,25,26). The Morgan fingerprint density at radius 1 is 1.11 bits per heavy atom. The lowest BCUT2D eigenvalue weighted by Gasteiger charge is -2.30. The summed E-state index contributed by atoms with van der Waals surface area (Å²) < 4.78 is 14.7. The largest absolute Gasteiger partial charge is 0.382 e. The van der Waals surface area contributed by atoms with Crippen LogP contribution < -0.4 is 16.0 Å². The Bertz CT molecular complexity index is 865. The zero-order valence-electron chi connectivity index (χ0n) is 15.2. The lowest BCUT2D eigenvalue weighted by Crippen LogP contribution is -2.54. The van der Waals surface area contributed by atoms with Gasteiger partial charge in [-0.05, 0) is 50.6 Å². The van der Waals surface area contributed by atoms with Gasteiger partial charge in [0.15, 0.2) is 0 Å². The van der Waals surface area contributed by atoms with E-state index in [1.807, 2.05) is 0 Å². The molecule has 0 saturated carbocycles. The summed E-state index contributed by atoms with van der Waals surface area (Å²) in [7, 11) is 0. The van der Waals surface area contributed by atoms with Crippen LogP contribution >= 0.6 is 0 Å². The van der Waals surface area contributed by atoms with Gasteiger partial charge in [0.1, 0.15) is 11.7 Å². The number of rotatable bonds is 4. The molecular formula is C19H21FN4O4. The van der Waals surface area contributed by atoms with E-state index in [-0.39, 0.29) is 30.5 Å². The highest BCUT2D eigenvalue weighted by Gasteiger charge is 2.44. The number of benzene rings is 1. The highest BCUT2D eigenvalue weighted by molar-refractivity contribution is 6.23. The SMILES string of the molecule is O=C1CCC(N2C(=O)c3ccc(NCC4(F)CCNCC4)cc3C2=O)C(=O)N1. The van der Waals surface area contributed by atoms with E-state index in [0.717, 1.165) is 4.90 Å². The number of halogens is 1. The molecule has 3 aliphatic heterocycles. The van der Waals surface area contributed by atoms with Crippen LogP contribution in [0.2, 0.25) is 0 Å². The summed E-state index contributed by atoms with van der Waals surface area (Å²) >= 11 is 0. The number of hydrogen-bond donors (Lipinski definition) is 3. The number of imide groups is 2. The number of nitrogens with zero attached hydrogens (tertiary/aromatic N) is 1. The third-order valence-electron chi connectivity index (χ3n) is 5.55. The molecule has 1 atom stereocenters.